The summed E-state index contributed by atoms with van der Waals surface area (Å²) in [5.41, 5.74) is 3.79. The number of benzene rings is 1. The lowest BCUT2D eigenvalue weighted by Crippen LogP contribution is -2.61. The van der Waals surface area contributed by atoms with Crippen molar-refractivity contribution in [2.75, 3.05) is 20.2 Å². The fraction of sp³-hybridized carbons (Fsp3) is 0.524. The maximum atomic E-state index is 10.1. The summed E-state index contributed by atoms with van der Waals surface area (Å²) >= 11 is 0. The second-order valence-corrected chi connectivity index (χ2v) is 7.99. The van der Waals surface area contributed by atoms with E-state index in [9.17, 15) is 5.11 Å². The average Bonchev–Trinajstić information content (AvgIpc) is 3.42. The number of piperidine rings is 1. The summed E-state index contributed by atoms with van der Waals surface area (Å²) in [6.07, 6.45) is 12.7. The fourth-order valence-electron chi connectivity index (χ4n) is 5.12. The van der Waals surface area contributed by atoms with Gasteiger partial charge in [-0.15, -0.1) is 0 Å². The summed E-state index contributed by atoms with van der Waals surface area (Å²) < 4.78 is 6.13. The predicted molar refractivity (Wildman–Crippen MR) is 94.0 cm³/mol. The van der Waals surface area contributed by atoms with Gasteiger partial charge in [0.25, 0.3) is 0 Å². The van der Waals surface area contributed by atoms with Crippen LogP contribution in [-0.2, 0) is 16.6 Å². The third kappa shape index (κ3) is 1.98. The number of hydrogen-bond donors (Lipinski definition) is 1. The van der Waals surface area contributed by atoms with Crippen LogP contribution in [0.4, 0.5) is 0 Å². The molecule has 1 saturated heterocycles. The molecule has 5 rings (SSSR count). The molecule has 1 heterocycles. The third-order valence-corrected chi connectivity index (χ3v) is 6.65. The summed E-state index contributed by atoms with van der Waals surface area (Å²) in [6.45, 7) is 2.21. The third-order valence-electron chi connectivity index (χ3n) is 6.65. The van der Waals surface area contributed by atoms with Crippen molar-refractivity contribution < 1.29 is 9.84 Å². The van der Waals surface area contributed by atoms with Crippen LogP contribution in [0.5, 0.6) is 5.75 Å². The minimum absolute atomic E-state index is 0.00284. The first-order valence-corrected chi connectivity index (χ1v) is 9.18. The molecule has 2 bridgehead atoms. The van der Waals surface area contributed by atoms with E-state index in [0.29, 0.717) is 5.75 Å². The van der Waals surface area contributed by atoms with Gasteiger partial charge >= 0.3 is 0 Å². The molecule has 1 saturated carbocycles. The summed E-state index contributed by atoms with van der Waals surface area (Å²) in [7, 11) is 1.85. The molecule has 1 aromatic carbocycles. The van der Waals surface area contributed by atoms with Crippen LogP contribution < -0.4 is 0 Å². The summed E-state index contributed by atoms with van der Waals surface area (Å²) in [4.78, 5) is 2.56. The number of allylic oxidation sites excluding steroid dienone is 3. The van der Waals surface area contributed by atoms with E-state index in [2.05, 4.69) is 29.2 Å². The molecule has 24 heavy (non-hydrogen) atoms. The first-order chi connectivity index (χ1) is 11.7. The minimum Gasteiger partial charge on any atom is -0.508 e. The maximum absolute atomic E-state index is 10.1. The lowest BCUT2D eigenvalue weighted by Gasteiger charge is -2.56. The lowest BCUT2D eigenvalue weighted by molar-refractivity contribution is -0.140. The molecule has 0 radical (unpaired) electrons. The average molecular weight is 323 g/mol. The van der Waals surface area contributed by atoms with E-state index in [4.69, 9.17) is 4.74 Å². The van der Waals surface area contributed by atoms with Gasteiger partial charge in [-0.2, -0.15) is 0 Å². The highest BCUT2D eigenvalue weighted by Crippen LogP contribution is 2.55. The number of likely N-dealkylation sites (tertiary alicyclic amines) is 1. The molecule has 3 aliphatic carbocycles. The normalized spacial score (nSPS) is 34.5. The number of hydrogen-bond acceptors (Lipinski definition) is 3. The Kier molecular flexibility index (Phi) is 3.05. The largest absolute Gasteiger partial charge is 0.508 e. The summed E-state index contributed by atoms with van der Waals surface area (Å²) in [5, 5.41) is 10.1. The number of methoxy groups -OCH3 is 1. The Morgan fingerprint density at radius 3 is 3.00 bits per heavy atom. The standard InChI is InChI=1S/C21H25NO2/c1-24-21-9-8-17-6-4-16-5-7-18(23)12-19(16)20(17,14-21)10-11-22(21)13-15-2-3-15/h5-9,12,15,23H,2-4,10-11,13-14H2,1H3. The number of nitrogens with zero attached hydrogens (tertiary/aromatic N) is 1. The molecule has 2 fully saturated rings. The number of rotatable bonds is 3. The predicted octanol–water partition coefficient (Wildman–Crippen LogP) is 3.53. The van der Waals surface area contributed by atoms with E-state index in [1.807, 2.05) is 19.2 Å². The van der Waals surface area contributed by atoms with Gasteiger partial charge in [0.1, 0.15) is 11.5 Å². The lowest BCUT2D eigenvalue weighted by atomic mass is 9.58. The second-order valence-electron chi connectivity index (χ2n) is 7.99. The maximum Gasteiger partial charge on any atom is 0.141 e. The van der Waals surface area contributed by atoms with E-state index in [1.165, 1.54) is 29.5 Å². The van der Waals surface area contributed by atoms with E-state index >= 15 is 0 Å². The number of aromatic hydroxyl groups is 1. The quantitative estimate of drug-likeness (QED) is 0.923. The number of phenolic OH excluding ortho intramolecular Hbond substituents is 1. The van der Waals surface area contributed by atoms with Gasteiger partial charge in [-0.3, -0.25) is 4.90 Å². The van der Waals surface area contributed by atoms with E-state index in [1.54, 1.807) is 0 Å². The Hall–Kier alpha value is -1.58. The second kappa shape index (κ2) is 4.96. The molecule has 0 aromatic heterocycles. The van der Waals surface area contributed by atoms with Gasteiger partial charge in [0.2, 0.25) is 0 Å². The topological polar surface area (TPSA) is 32.7 Å². The molecular formula is C21H25NO2. The van der Waals surface area contributed by atoms with Gasteiger partial charge < -0.3 is 9.84 Å². The molecule has 3 heteroatoms. The number of ether oxygens (including phenoxy) is 1. The van der Waals surface area contributed by atoms with Gasteiger partial charge in [0, 0.05) is 32.0 Å². The first kappa shape index (κ1) is 14.7. The highest BCUT2D eigenvalue weighted by atomic mass is 16.5. The smallest absolute Gasteiger partial charge is 0.141 e. The van der Waals surface area contributed by atoms with Crippen molar-refractivity contribution >= 4 is 0 Å². The van der Waals surface area contributed by atoms with Crippen LogP contribution in [0, 0.1) is 5.92 Å². The van der Waals surface area contributed by atoms with Gasteiger partial charge in [-0.25, -0.2) is 0 Å². The highest BCUT2D eigenvalue weighted by Gasteiger charge is 2.54. The molecule has 1 aromatic rings. The zero-order chi connectivity index (χ0) is 16.4. The molecule has 3 nitrogen and oxygen atoms in total. The monoisotopic (exact) mass is 323 g/mol. The first-order valence-electron chi connectivity index (χ1n) is 9.18. The van der Waals surface area contributed by atoms with Crippen molar-refractivity contribution in [1.82, 2.24) is 4.90 Å². The van der Waals surface area contributed by atoms with Crippen LogP contribution in [0.3, 0.4) is 0 Å². The van der Waals surface area contributed by atoms with Crippen LogP contribution in [0.1, 0.15) is 36.8 Å². The molecule has 4 aliphatic rings. The van der Waals surface area contributed by atoms with E-state index in [0.717, 1.165) is 38.3 Å². The SMILES string of the molecule is COC12C=CC3=CCc4ccc(O)cc4C3(CCN1CC1CC1)C2. The van der Waals surface area contributed by atoms with Gasteiger partial charge in [0.15, 0.2) is 0 Å². The molecule has 0 amide bonds. The molecule has 126 valence electrons. The molecule has 1 aliphatic heterocycles. The minimum atomic E-state index is -0.293. The Morgan fingerprint density at radius 2 is 2.21 bits per heavy atom. The number of phenols is 1. The van der Waals surface area contributed by atoms with Crippen LogP contribution in [0.25, 0.3) is 0 Å². The van der Waals surface area contributed by atoms with Crippen molar-refractivity contribution in [3.05, 3.63) is 53.1 Å². The molecular weight excluding hydrogens is 298 g/mol. The summed E-state index contributed by atoms with van der Waals surface area (Å²) in [6, 6.07) is 5.91. The Labute approximate surface area is 143 Å². The van der Waals surface area contributed by atoms with Crippen molar-refractivity contribution in [3.63, 3.8) is 0 Å². The van der Waals surface area contributed by atoms with Crippen molar-refractivity contribution in [3.8, 4) is 5.75 Å². The van der Waals surface area contributed by atoms with Crippen molar-refractivity contribution in [2.24, 2.45) is 5.92 Å². The zero-order valence-electron chi connectivity index (χ0n) is 14.3. The fourth-order valence-corrected chi connectivity index (χ4v) is 5.12. The van der Waals surface area contributed by atoms with E-state index < -0.39 is 0 Å². The zero-order valence-corrected chi connectivity index (χ0v) is 14.3. The molecule has 1 N–H and O–H groups in total. The Balaban J connectivity index is 1.62. The van der Waals surface area contributed by atoms with Gasteiger partial charge in [0.05, 0.1) is 0 Å². The van der Waals surface area contributed by atoms with Crippen LogP contribution in [0.2, 0.25) is 0 Å². The Bertz CT molecular complexity index is 748. The highest BCUT2D eigenvalue weighted by molar-refractivity contribution is 5.55. The van der Waals surface area contributed by atoms with Gasteiger partial charge in [-0.05, 0) is 66.5 Å². The van der Waals surface area contributed by atoms with E-state index in [-0.39, 0.29) is 11.1 Å². The van der Waals surface area contributed by atoms with Crippen molar-refractivity contribution in [2.45, 2.75) is 43.2 Å². The van der Waals surface area contributed by atoms with Crippen molar-refractivity contribution in [1.29, 1.82) is 0 Å². The van der Waals surface area contributed by atoms with Crippen LogP contribution >= 0.6 is 0 Å². The number of fused-ring (bicyclic) bond motifs is 2. The molecule has 1 spiro atoms. The van der Waals surface area contributed by atoms with Crippen LogP contribution in [0.15, 0.2) is 42.0 Å². The molecule has 2 unspecified atom stereocenters. The van der Waals surface area contributed by atoms with Gasteiger partial charge in [-0.1, -0.05) is 18.2 Å². The molecule has 2 atom stereocenters. The van der Waals surface area contributed by atoms with Crippen LogP contribution in [-0.4, -0.2) is 35.9 Å². The summed E-state index contributed by atoms with van der Waals surface area (Å²) in [5.74, 6) is 1.24. The Morgan fingerprint density at radius 1 is 1.33 bits per heavy atom.